The van der Waals surface area contributed by atoms with Crippen molar-refractivity contribution < 1.29 is 22.8 Å². The zero-order chi connectivity index (χ0) is 21.6. The molecule has 9 heteroatoms. The van der Waals surface area contributed by atoms with E-state index in [0.717, 1.165) is 21.0 Å². The molecule has 2 rings (SSSR count). The van der Waals surface area contributed by atoms with Crippen molar-refractivity contribution in [3.05, 3.63) is 58.1 Å². The summed E-state index contributed by atoms with van der Waals surface area (Å²) >= 11 is 4.73. The van der Waals surface area contributed by atoms with E-state index >= 15 is 0 Å². The number of likely N-dealkylation sites (N-methyl/N-ethyl adjacent to an activating group) is 1. The van der Waals surface area contributed by atoms with Crippen molar-refractivity contribution in [2.45, 2.75) is 24.9 Å². The highest BCUT2D eigenvalue weighted by atomic mass is 79.9. The molecule has 4 nitrogen and oxygen atoms in total. The summed E-state index contributed by atoms with van der Waals surface area (Å²) in [7, 11) is 0. The minimum atomic E-state index is -4.58. The zero-order valence-corrected chi connectivity index (χ0v) is 18.2. The molecule has 0 unspecified atom stereocenters. The van der Waals surface area contributed by atoms with Crippen LogP contribution >= 0.6 is 27.7 Å². The van der Waals surface area contributed by atoms with E-state index in [9.17, 15) is 22.8 Å². The molecule has 0 spiro atoms. The summed E-state index contributed by atoms with van der Waals surface area (Å²) in [4.78, 5) is 27.0. The molecule has 0 saturated heterocycles. The van der Waals surface area contributed by atoms with Crippen LogP contribution in [0.3, 0.4) is 0 Å². The number of hydrogen-bond donors (Lipinski definition) is 1. The first-order chi connectivity index (χ1) is 13.6. The van der Waals surface area contributed by atoms with E-state index in [1.54, 1.807) is 6.92 Å². The number of aryl methyl sites for hydroxylation is 1. The predicted molar refractivity (Wildman–Crippen MR) is 112 cm³/mol. The van der Waals surface area contributed by atoms with Gasteiger partial charge in [0.05, 0.1) is 23.5 Å². The maximum absolute atomic E-state index is 13.1. The number of thioether (sulfide) groups is 1. The molecule has 0 aliphatic carbocycles. The number of amides is 2. The summed E-state index contributed by atoms with van der Waals surface area (Å²) in [6, 6.07) is 10.5. The average Bonchev–Trinajstić information content (AvgIpc) is 2.64. The van der Waals surface area contributed by atoms with Crippen LogP contribution in [-0.4, -0.2) is 35.6 Å². The summed E-state index contributed by atoms with van der Waals surface area (Å²) < 4.78 is 40.1. The van der Waals surface area contributed by atoms with Gasteiger partial charge in [-0.2, -0.15) is 13.2 Å². The number of carbonyl (C=O) groups is 2. The molecule has 0 saturated carbocycles. The number of rotatable bonds is 7. The summed E-state index contributed by atoms with van der Waals surface area (Å²) in [5, 5.41) is 2.26. The van der Waals surface area contributed by atoms with Gasteiger partial charge in [-0.25, -0.2) is 0 Å². The molecular weight excluding hydrogens is 469 g/mol. The number of nitrogens with zero attached hydrogens (tertiary/aromatic N) is 1. The molecule has 0 heterocycles. The fourth-order valence-electron chi connectivity index (χ4n) is 2.58. The highest BCUT2D eigenvalue weighted by Crippen LogP contribution is 2.34. The Bertz CT molecular complexity index is 890. The zero-order valence-electron chi connectivity index (χ0n) is 15.8. The predicted octanol–water partition coefficient (Wildman–Crippen LogP) is 5.36. The molecule has 0 aliphatic rings. The van der Waals surface area contributed by atoms with Crippen molar-refractivity contribution in [2.24, 2.45) is 0 Å². The number of benzene rings is 2. The van der Waals surface area contributed by atoms with Crippen molar-refractivity contribution in [1.82, 2.24) is 4.90 Å². The third kappa shape index (κ3) is 6.78. The first kappa shape index (κ1) is 23.3. The van der Waals surface area contributed by atoms with Gasteiger partial charge in [-0.1, -0.05) is 28.1 Å². The Labute approximate surface area is 180 Å². The number of halogens is 4. The van der Waals surface area contributed by atoms with Gasteiger partial charge in [0.1, 0.15) is 0 Å². The van der Waals surface area contributed by atoms with E-state index in [1.807, 2.05) is 25.1 Å². The van der Waals surface area contributed by atoms with Gasteiger partial charge in [0.25, 0.3) is 0 Å². The van der Waals surface area contributed by atoms with Crippen molar-refractivity contribution in [1.29, 1.82) is 0 Å². The lowest BCUT2D eigenvalue weighted by atomic mass is 10.1. The molecule has 0 bridgehead atoms. The maximum atomic E-state index is 13.1. The van der Waals surface area contributed by atoms with E-state index in [-0.39, 0.29) is 30.4 Å². The van der Waals surface area contributed by atoms with Crippen LogP contribution in [0.15, 0.2) is 51.8 Å². The largest absolute Gasteiger partial charge is 0.418 e. The number of carbonyl (C=O) groups excluding carboxylic acids is 2. The minimum Gasteiger partial charge on any atom is -0.333 e. The number of anilines is 1. The van der Waals surface area contributed by atoms with E-state index in [2.05, 4.69) is 21.2 Å². The normalized spacial score (nSPS) is 11.2. The number of hydrogen-bond acceptors (Lipinski definition) is 3. The second kappa shape index (κ2) is 10.2. The lowest BCUT2D eigenvalue weighted by Gasteiger charge is -2.21. The molecule has 29 heavy (non-hydrogen) atoms. The SMILES string of the molecule is CCN(CC(=O)Nc1ccccc1C(F)(F)F)C(=O)CSc1ccc(Br)cc1C. The quantitative estimate of drug-likeness (QED) is 0.534. The van der Waals surface area contributed by atoms with Gasteiger partial charge in [0, 0.05) is 15.9 Å². The first-order valence-corrected chi connectivity index (χ1v) is 10.5. The van der Waals surface area contributed by atoms with Gasteiger partial charge in [0.2, 0.25) is 11.8 Å². The van der Waals surface area contributed by atoms with Crippen LogP contribution in [-0.2, 0) is 15.8 Å². The second-order valence-corrected chi connectivity index (χ2v) is 8.13. The topological polar surface area (TPSA) is 49.4 Å². The Balaban J connectivity index is 1.98. The fourth-order valence-corrected chi connectivity index (χ4v) is 3.97. The molecular formula is C20H20BrF3N2O2S. The van der Waals surface area contributed by atoms with Crippen molar-refractivity contribution in [2.75, 3.05) is 24.2 Å². The Kier molecular flexibility index (Phi) is 8.15. The van der Waals surface area contributed by atoms with Crippen molar-refractivity contribution in [3.8, 4) is 0 Å². The lowest BCUT2D eigenvalue weighted by Crippen LogP contribution is -2.39. The summed E-state index contributed by atoms with van der Waals surface area (Å²) in [5.74, 6) is -0.816. The van der Waals surface area contributed by atoms with E-state index in [4.69, 9.17) is 0 Å². The standard InChI is InChI=1S/C20H20BrF3N2O2S/c1-3-26(19(28)12-29-17-9-8-14(21)10-13(17)2)11-18(27)25-16-7-5-4-6-15(16)20(22,23)24/h4-10H,3,11-12H2,1-2H3,(H,25,27). The van der Waals surface area contributed by atoms with Crippen molar-refractivity contribution >= 4 is 45.2 Å². The Morgan fingerprint density at radius 2 is 1.86 bits per heavy atom. The Morgan fingerprint density at radius 3 is 2.48 bits per heavy atom. The third-order valence-corrected chi connectivity index (χ3v) is 5.72. The van der Waals surface area contributed by atoms with Crippen LogP contribution in [0.2, 0.25) is 0 Å². The summed E-state index contributed by atoms with van der Waals surface area (Å²) in [6.07, 6.45) is -4.58. The molecule has 156 valence electrons. The highest BCUT2D eigenvalue weighted by molar-refractivity contribution is 9.10. The van der Waals surface area contributed by atoms with E-state index in [0.29, 0.717) is 0 Å². The van der Waals surface area contributed by atoms with Crippen LogP contribution in [0.25, 0.3) is 0 Å². The van der Waals surface area contributed by atoms with Gasteiger partial charge in [0.15, 0.2) is 0 Å². The summed E-state index contributed by atoms with van der Waals surface area (Å²) in [6.45, 7) is 3.60. The van der Waals surface area contributed by atoms with Gasteiger partial charge in [-0.05, 0) is 49.7 Å². The monoisotopic (exact) mass is 488 g/mol. The minimum absolute atomic E-state index is 0.128. The van der Waals surface area contributed by atoms with E-state index in [1.165, 1.54) is 34.9 Å². The van der Waals surface area contributed by atoms with Crippen LogP contribution in [0, 0.1) is 6.92 Å². The molecule has 2 aromatic rings. The van der Waals surface area contributed by atoms with Gasteiger partial charge in [-0.3, -0.25) is 9.59 Å². The smallest absolute Gasteiger partial charge is 0.333 e. The third-order valence-electron chi connectivity index (χ3n) is 4.06. The molecule has 2 aromatic carbocycles. The summed E-state index contributed by atoms with van der Waals surface area (Å²) in [5.41, 5.74) is -0.237. The maximum Gasteiger partial charge on any atom is 0.418 e. The Morgan fingerprint density at radius 1 is 1.17 bits per heavy atom. The second-order valence-electron chi connectivity index (χ2n) is 6.20. The highest BCUT2D eigenvalue weighted by Gasteiger charge is 2.33. The first-order valence-electron chi connectivity index (χ1n) is 8.74. The molecule has 1 N–H and O–H groups in total. The average molecular weight is 489 g/mol. The molecule has 0 aliphatic heterocycles. The number of para-hydroxylation sites is 1. The molecule has 0 atom stereocenters. The van der Waals surface area contributed by atoms with E-state index < -0.39 is 17.6 Å². The molecule has 0 radical (unpaired) electrons. The van der Waals surface area contributed by atoms with Crippen molar-refractivity contribution in [3.63, 3.8) is 0 Å². The van der Waals surface area contributed by atoms with Crippen LogP contribution in [0.4, 0.5) is 18.9 Å². The number of nitrogens with one attached hydrogen (secondary N) is 1. The van der Waals surface area contributed by atoms with Crippen LogP contribution in [0.1, 0.15) is 18.1 Å². The van der Waals surface area contributed by atoms with Gasteiger partial charge in [-0.15, -0.1) is 11.8 Å². The Hall–Kier alpha value is -2.00. The molecule has 0 aromatic heterocycles. The van der Waals surface area contributed by atoms with Crippen LogP contribution < -0.4 is 5.32 Å². The van der Waals surface area contributed by atoms with Gasteiger partial charge >= 0.3 is 6.18 Å². The molecule has 2 amide bonds. The van der Waals surface area contributed by atoms with Crippen LogP contribution in [0.5, 0.6) is 0 Å². The van der Waals surface area contributed by atoms with Gasteiger partial charge < -0.3 is 10.2 Å². The molecule has 0 fully saturated rings. The number of alkyl halides is 3. The fraction of sp³-hybridized carbons (Fsp3) is 0.300. The lowest BCUT2D eigenvalue weighted by molar-refractivity contribution is -0.137.